The second-order valence-corrected chi connectivity index (χ2v) is 5.18. The predicted octanol–water partition coefficient (Wildman–Crippen LogP) is 1.10. The van der Waals surface area contributed by atoms with Crippen LogP contribution in [0.2, 0.25) is 0 Å². The molecule has 1 atom stereocenters. The fraction of sp³-hybridized carbons (Fsp3) is 0.357. The molecule has 0 aliphatic carbocycles. The number of nitrogens with zero attached hydrogens (tertiary/aromatic N) is 5. The van der Waals surface area contributed by atoms with Gasteiger partial charge in [0.1, 0.15) is 0 Å². The van der Waals surface area contributed by atoms with Gasteiger partial charge in [-0.05, 0) is 35.6 Å². The minimum atomic E-state index is 0.138. The lowest BCUT2D eigenvalue weighted by Crippen LogP contribution is -2.18. The molecule has 20 heavy (non-hydrogen) atoms. The average Bonchev–Trinajstić information content (AvgIpc) is 2.97. The van der Waals surface area contributed by atoms with Crippen LogP contribution in [0, 0.1) is 0 Å². The van der Waals surface area contributed by atoms with Crippen molar-refractivity contribution in [2.75, 3.05) is 0 Å². The number of tetrazole rings is 1. The second kappa shape index (κ2) is 5.05. The van der Waals surface area contributed by atoms with Gasteiger partial charge in [0.2, 0.25) is 0 Å². The summed E-state index contributed by atoms with van der Waals surface area (Å²) in [5.74, 6) is 0.709. The number of rotatable bonds is 4. The maximum absolute atomic E-state index is 5.94. The van der Waals surface area contributed by atoms with Crippen LogP contribution in [-0.4, -0.2) is 30.8 Å². The first-order valence-corrected chi connectivity index (χ1v) is 6.68. The molecule has 3 rings (SSSR count). The number of aryl methyl sites for hydroxylation is 1. The summed E-state index contributed by atoms with van der Waals surface area (Å²) < 4.78 is 2.16. The van der Waals surface area contributed by atoms with Gasteiger partial charge in [-0.3, -0.25) is 0 Å². The standard InChI is InChI=1S/C14H18N6/c1-10(15)8-12-5-3-4-11-6-7-20(14(11)12)9-13-16-18-19(2)17-13/h3-7,10H,8-9,15H2,1-2H3. The van der Waals surface area contributed by atoms with Gasteiger partial charge in [0.15, 0.2) is 5.82 Å². The molecule has 6 nitrogen and oxygen atoms in total. The first-order valence-electron chi connectivity index (χ1n) is 6.68. The van der Waals surface area contributed by atoms with Gasteiger partial charge in [0.25, 0.3) is 0 Å². The monoisotopic (exact) mass is 270 g/mol. The van der Waals surface area contributed by atoms with E-state index in [0.29, 0.717) is 12.4 Å². The van der Waals surface area contributed by atoms with Crippen LogP contribution in [0.5, 0.6) is 0 Å². The van der Waals surface area contributed by atoms with Crippen molar-refractivity contribution in [1.82, 2.24) is 24.8 Å². The maximum atomic E-state index is 5.94. The minimum Gasteiger partial charge on any atom is -0.339 e. The van der Waals surface area contributed by atoms with Crippen LogP contribution in [0.15, 0.2) is 30.5 Å². The van der Waals surface area contributed by atoms with Crippen LogP contribution in [0.4, 0.5) is 0 Å². The minimum absolute atomic E-state index is 0.138. The van der Waals surface area contributed by atoms with Crippen molar-refractivity contribution < 1.29 is 0 Å². The molecule has 2 N–H and O–H groups in total. The zero-order valence-corrected chi connectivity index (χ0v) is 11.7. The normalized spacial score (nSPS) is 12.9. The topological polar surface area (TPSA) is 74.6 Å². The lowest BCUT2D eigenvalue weighted by Gasteiger charge is -2.10. The summed E-state index contributed by atoms with van der Waals surface area (Å²) in [6, 6.07) is 8.56. The fourth-order valence-electron chi connectivity index (χ4n) is 2.52. The number of hydrogen-bond donors (Lipinski definition) is 1. The van der Waals surface area contributed by atoms with Gasteiger partial charge in [0, 0.05) is 12.2 Å². The van der Waals surface area contributed by atoms with Gasteiger partial charge in [-0.15, -0.1) is 10.2 Å². The summed E-state index contributed by atoms with van der Waals surface area (Å²) >= 11 is 0. The zero-order chi connectivity index (χ0) is 14.1. The van der Waals surface area contributed by atoms with Gasteiger partial charge in [-0.2, -0.15) is 4.80 Å². The summed E-state index contributed by atoms with van der Waals surface area (Å²) in [4.78, 5) is 1.48. The summed E-state index contributed by atoms with van der Waals surface area (Å²) in [7, 11) is 1.77. The third-order valence-corrected chi connectivity index (χ3v) is 3.28. The van der Waals surface area contributed by atoms with Crippen LogP contribution >= 0.6 is 0 Å². The van der Waals surface area contributed by atoms with Crippen LogP contribution in [0.25, 0.3) is 10.9 Å². The Balaban J connectivity index is 2.02. The second-order valence-electron chi connectivity index (χ2n) is 5.18. The Morgan fingerprint density at radius 2 is 2.15 bits per heavy atom. The quantitative estimate of drug-likeness (QED) is 0.770. The number of aromatic nitrogens is 5. The number of hydrogen-bond acceptors (Lipinski definition) is 4. The molecule has 0 aliphatic heterocycles. The fourth-order valence-corrected chi connectivity index (χ4v) is 2.52. The molecule has 104 valence electrons. The molecule has 0 saturated carbocycles. The number of para-hydroxylation sites is 1. The molecule has 0 fully saturated rings. The molecule has 0 aliphatic rings. The van der Waals surface area contributed by atoms with Crippen molar-refractivity contribution in [2.24, 2.45) is 12.8 Å². The molecule has 3 aromatic rings. The molecule has 0 saturated heterocycles. The Bertz CT molecular complexity index is 724. The first-order chi connectivity index (χ1) is 9.63. The van der Waals surface area contributed by atoms with Crippen molar-refractivity contribution in [3.8, 4) is 0 Å². The Morgan fingerprint density at radius 3 is 2.85 bits per heavy atom. The largest absolute Gasteiger partial charge is 0.339 e. The molecule has 0 spiro atoms. The van der Waals surface area contributed by atoms with E-state index in [1.54, 1.807) is 7.05 Å². The lowest BCUT2D eigenvalue weighted by atomic mass is 10.0. The first kappa shape index (κ1) is 12.8. The van der Waals surface area contributed by atoms with E-state index in [9.17, 15) is 0 Å². The Morgan fingerprint density at radius 1 is 1.30 bits per heavy atom. The number of nitrogens with two attached hydrogens (primary N) is 1. The Labute approximate surface area is 117 Å². The molecule has 2 aromatic heterocycles. The van der Waals surface area contributed by atoms with E-state index in [0.717, 1.165) is 6.42 Å². The van der Waals surface area contributed by atoms with Gasteiger partial charge < -0.3 is 10.3 Å². The van der Waals surface area contributed by atoms with Gasteiger partial charge in [0.05, 0.1) is 19.1 Å². The molecule has 0 radical (unpaired) electrons. The van der Waals surface area contributed by atoms with Crippen molar-refractivity contribution in [3.63, 3.8) is 0 Å². The highest BCUT2D eigenvalue weighted by Gasteiger charge is 2.10. The van der Waals surface area contributed by atoms with Crippen LogP contribution in [0.3, 0.4) is 0 Å². The Kier molecular flexibility index (Phi) is 3.23. The molecule has 1 unspecified atom stereocenters. The van der Waals surface area contributed by atoms with E-state index >= 15 is 0 Å². The van der Waals surface area contributed by atoms with Crippen molar-refractivity contribution in [3.05, 3.63) is 41.9 Å². The van der Waals surface area contributed by atoms with E-state index in [1.165, 1.54) is 21.3 Å². The number of fused-ring (bicyclic) bond motifs is 1. The van der Waals surface area contributed by atoms with Gasteiger partial charge in [-0.1, -0.05) is 18.2 Å². The molecule has 0 amide bonds. The average molecular weight is 270 g/mol. The molecule has 6 heteroatoms. The van der Waals surface area contributed by atoms with Crippen molar-refractivity contribution in [2.45, 2.75) is 25.9 Å². The van der Waals surface area contributed by atoms with E-state index < -0.39 is 0 Å². The third-order valence-electron chi connectivity index (χ3n) is 3.28. The zero-order valence-electron chi connectivity index (χ0n) is 11.7. The smallest absolute Gasteiger partial charge is 0.194 e. The summed E-state index contributed by atoms with van der Waals surface area (Å²) in [6.07, 6.45) is 2.92. The van der Waals surface area contributed by atoms with Crippen molar-refractivity contribution >= 4 is 10.9 Å². The number of benzene rings is 1. The highest BCUT2D eigenvalue weighted by Crippen LogP contribution is 2.22. The van der Waals surface area contributed by atoms with E-state index in [-0.39, 0.29) is 6.04 Å². The highest BCUT2D eigenvalue weighted by atomic mass is 15.6. The van der Waals surface area contributed by atoms with Crippen LogP contribution < -0.4 is 5.73 Å². The maximum Gasteiger partial charge on any atom is 0.194 e. The molecule has 2 heterocycles. The molecular formula is C14H18N6. The van der Waals surface area contributed by atoms with Gasteiger partial charge in [-0.25, -0.2) is 0 Å². The lowest BCUT2D eigenvalue weighted by molar-refractivity contribution is 0.625. The molecule has 0 bridgehead atoms. The molecule has 1 aromatic carbocycles. The van der Waals surface area contributed by atoms with Crippen LogP contribution in [0.1, 0.15) is 18.3 Å². The Hall–Kier alpha value is -2.21. The summed E-state index contributed by atoms with van der Waals surface area (Å²) in [5.41, 5.74) is 8.40. The van der Waals surface area contributed by atoms with E-state index in [2.05, 4.69) is 50.4 Å². The van der Waals surface area contributed by atoms with Crippen molar-refractivity contribution in [1.29, 1.82) is 0 Å². The van der Waals surface area contributed by atoms with E-state index in [4.69, 9.17) is 5.73 Å². The molecular weight excluding hydrogens is 252 g/mol. The predicted molar refractivity (Wildman–Crippen MR) is 77.2 cm³/mol. The summed E-state index contributed by atoms with van der Waals surface area (Å²) in [6.45, 7) is 2.64. The SMILES string of the molecule is CC(N)Cc1cccc2ccn(Cc3nnn(C)n3)c12. The summed E-state index contributed by atoms with van der Waals surface area (Å²) in [5, 5.41) is 13.4. The van der Waals surface area contributed by atoms with Gasteiger partial charge >= 0.3 is 0 Å². The van der Waals surface area contributed by atoms with E-state index in [1.807, 2.05) is 6.92 Å². The van der Waals surface area contributed by atoms with Crippen LogP contribution in [-0.2, 0) is 20.0 Å². The third kappa shape index (κ3) is 2.42. The highest BCUT2D eigenvalue weighted by molar-refractivity contribution is 5.83.